The maximum Gasteiger partial charge on any atom is 0.323 e. The lowest BCUT2D eigenvalue weighted by atomic mass is 9.92. The third kappa shape index (κ3) is 14.1. The van der Waals surface area contributed by atoms with Crippen LogP contribution >= 0.6 is 0 Å². The number of unbranched alkanes of at least 4 members (excludes halogenated alkanes) is 1. The molecule has 0 radical (unpaired) electrons. The SMILES string of the molecule is CCCCC(=O)O[C@@H](C)[C@H](C)OC(=O)[C@@H](N)Cc1ccc(OC(=O)CC(C)(C)C)c(OC(=O)CC(C)(C)C)c1. The van der Waals surface area contributed by atoms with Gasteiger partial charge in [0.1, 0.15) is 18.2 Å². The van der Waals surface area contributed by atoms with E-state index in [1.807, 2.05) is 48.5 Å². The first-order chi connectivity index (χ1) is 17.9. The van der Waals surface area contributed by atoms with Crippen LogP contribution in [-0.2, 0) is 35.1 Å². The molecule has 0 unspecified atom stereocenters. The summed E-state index contributed by atoms with van der Waals surface area (Å²) < 4.78 is 21.8. The minimum atomic E-state index is -1.03. The van der Waals surface area contributed by atoms with Crippen LogP contribution < -0.4 is 15.2 Å². The van der Waals surface area contributed by atoms with Gasteiger partial charge in [-0.05, 0) is 55.2 Å². The molecule has 0 bridgehead atoms. The van der Waals surface area contributed by atoms with Gasteiger partial charge in [0.2, 0.25) is 0 Å². The van der Waals surface area contributed by atoms with Crippen molar-refractivity contribution in [2.45, 2.75) is 119 Å². The Morgan fingerprint density at radius 2 is 1.31 bits per heavy atom. The second-order valence-corrected chi connectivity index (χ2v) is 12.5. The Kier molecular flexibility index (Phi) is 13.1. The number of hydrogen-bond acceptors (Lipinski definition) is 9. The number of hydrogen-bond donors (Lipinski definition) is 1. The minimum Gasteiger partial charge on any atom is -0.459 e. The summed E-state index contributed by atoms with van der Waals surface area (Å²) in [5.41, 5.74) is 6.11. The average molecular weight is 550 g/mol. The fourth-order valence-corrected chi connectivity index (χ4v) is 3.41. The number of benzene rings is 1. The number of carbonyl (C=O) groups excluding carboxylic acids is 4. The van der Waals surface area contributed by atoms with Gasteiger partial charge in [-0.15, -0.1) is 0 Å². The molecule has 0 aliphatic carbocycles. The van der Waals surface area contributed by atoms with Gasteiger partial charge in [-0.3, -0.25) is 19.2 Å². The van der Waals surface area contributed by atoms with Gasteiger partial charge in [-0.25, -0.2) is 0 Å². The van der Waals surface area contributed by atoms with Crippen molar-refractivity contribution in [2.75, 3.05) is 0 Å². The fraction of sp³-hybridized carbons (Fsp3) is 0.667. The van der Waals surface area contributed by atoms with Gasteiger partial charge >= 0.3 is 23.9 Å². The summed E-state index contributed by atoms with van der Waals surface area (Å²) in [6, 6.07) is 3.68. The van der Waals surface area contributed by atoms with Gasteiger partial charge in [0.25, 0.3) is 0 Å². The second kappa shape index (κ2) is 15.0. The van der Waals surface area contributed by atoms with Crippen molar-refractivity contribution in [3.05, 3.63) is 23.8 Å². The van der Waals surface area contributed by atoms with Crippen molar-refractivity contribution in [1.82, 2.24) is 0 Å². The normalized spacial score (nSPS) is 14.1. The highest BCUT2D eigenvalue weighted by Crippen LogP contribution is 2.32. The largest absolute Gasteiger partial charge is 0.459 e. The van der Waals surface area contributed by atoms with E-state index in [0.717, 1.165) is 12.8 Å². The van der Waals surface area contributed by atoms with Crippen LogP contribution in [0.5, 0.6) is 11.5 Å². The van der Waals surface area contributed by atoms with E-state index in [-0.39, 0.29) is 47.6 Å². The molecule has 0 spiro atoms. The number of carbonyl (C=O) groups is 4. The van der Waals surface area contributed by atoms with Crippen LogP contribution in [0.15, 0.2) is 18.2 Å². The molecular formula is C30H47NO8. The lowest BCUT2D eigenvalue weighted by Gasteiger charge is -2.22. The standard InChI is InChI=1S/C30H47NO8/c1-10-11-12-25(32)36-19(2)20(3)37-28(35)22(31)15-21-13-14-23(38-26(33)17-29(4,5)6)24(16-21)39-27(34)18-30(7,8)9/h13-14,16,19-20,22H,10-12,15,17-18,31H2,1-9H3/t19-,20-,22-/m0/s1. The quantitative estimate of drug-likeness (QED) is 0.257. The topological polar surface area (TPSA) is 131 Å². The summed E-state index contributed by atoms with van der Waals surface area (Å²) in [6.45, 7) is 16.8. The van der Waals surface area contributed by atoms with E-state index in [9.17, 15) is 19.2 Å². The zero-order valence-electron chi connectivity index (χ0n) is 25.1. The van der Waals surface area contributed by atoms with Gasteiger partial charge in [0, 0.05) is 6.42 Å². The van der Waals surface area contributed by atoms with Crippen molar-refractivity contribution in [3.63, 3.8) is 0 Å². The monoisotopic (exact) mass is 549 g/mol. The van der Waals surface area contributed by atoms with Gasteiger partial charge in [0.05, 0.1) is 12.8 Å². The third-order valence-electron chi connectivity index (χ3n) is 5.58. The van der Waals surface area contributed by atoms with E-state index < -0.39 is 36.2 Å². The van der Waals surface area contributed by atoms with Crippen molar-refractivity contribution in [3.8, 4) is 11.5 Å². The summed E-state index contributed by atoms with van der Waals surface area (Å²) >= 11 is 0. The molecule has 0 aliphatic heterocycles. The Bertz CT molecular complexity index is 990. The Labute approximate surface area is 233 Å². The van der Waals surface area contributed by atoms with Crippen LogP contribution in [0.2, 0.25) is 0 Å². The smallest absolute Gasteiger partial charge is 0.323 e. The third-order valence-corrected chi connectivity index (χ3v) is 5.58. The van der Waals surface area contributed by atoms with E-state index in [1.54, 1.807) is 19.9 Å². The lowest BCUT2D eigenvalue weighted by molar-refractivity contribution is -0.166. The van der Waals surface area contributed by atoms with E-state index in [0.29, 0.717) is 12.0 Å². The Hall–Kier alpha value is -2.94. The minimum absolute atomic E-state index is 0.0746. The Balaban J connectivity index is 2.97. The first-order valence-electron chi connectivity index (χ1n) is 13.6. The van der Waals surface area contributed by atoms with Crippen molar-refractivity contribution in [1.29, 1.82) is 0 Å². The summed E-state index contributed by atoms with van der Waals surface area (Å²) in [6.07, 6.45) is 1.01. The molecule has 0 saturated carbocycles. The van der Waals surface area contributed by atoms with Crippen LogP contribution in [0.1, 0.15) is 100.0 Å². The molecule has 220 valence electrons. The molecule has 0 fully saturated rings. The molecule has 0 aliphatic rings. The van der Waals surface area contributed by atoms with Gasteiger partial charge in [-0.2, -0.15) is 0 Å². The van der Waals surface area contributed by atoms with E-state index in [4.69, 9.17) is 24.7 Å². The number of nitrogens with two attached hydrogens (primary N) is 1. The molecule has 0 aromatic heterocycles. The number of esters is 4. The van der Waals surface area contributed by atoms with Gasteiger partial charge in [0.15, 0.2) is 11.5 Å². The molecule has 1 aromatic rings. The zero-order chi connectivity index (χ0) is 30.0. The highest BCUT2D eigenvalue weighted by Gasteiger charge is 2.26. The van der Waals surface area contributed by atoms with E-state index in [1.165, 1.54) is 12.1 Å². The van der Waals surface area contributed by atoms with Crippen molar-refractivity contribution < 1.29 is 38.1 Å². The first kappa shape index (κ1) is 34.1. The predicted octanol–water partition coefficient (Wildman–Crippen LogP) is 5.29. The van der Waals surface area contributed by atoms with Crippen LogP contribution in [0, 0.1) is 10.8 Å². The molecule has 9 heteroatoms. The summed E-state index contributed by atoms with van der Waals surface area (Å²) in [5, 5.41) is 0. The summed E-state index contributed by atoms with van der Waals surface area (Å²) in [4.78, 5) is 49.5. The van der Waals surface area contributed by atoms with Crippen LogP contribution in [0.4, 0.5) is 0 Å². The average Bonchev–Trinajstić information content (AvgIpc) is 2.76. The predicted molar refractivity (Wildman–Crippen MR) is 148 cm³/mol. The maximum absolute atomic E-state index is 12.6. The molecule has 3 atom stereocenters. The number of rotatable bonds is 13. The second-order valence-electron chi connectivity index (χ2n) is 12.5. The van der Waals surface area contributed by atoms with Crippen molar-refractivity contribution >= 4 is 23.9 Å². The first-order valence-corrected chi connectivity index (χ1v) is 13.6. The molecule has 0 heterocycles. The van der Waals surface area contributed by atoms with Gasteiger partial charge in [-0.1, -0.05) is 61.0 Å². The fourth-order valence-electron chi connectivity index (χ4n) is 3.41. The van der Waals surface area contributed by atoms with Crippen LogP contribution in [-0.4, -0.2) is 42.1 Å². The van der Waals surface area contributed by atoms with Crippen LogP contribution in [0.25, 0.3) is 0 Å². The number of ether oxygens (including phenoxy) is 4. The molecule has 1 rings (SSSR count). The van der Waals surface area contributed by atoms with Gasteiger partial charge < -0.3 is 24.7 Å². The summed E-state index contributed by atoms with van der Waals surface area (Å²) in [7, 11) is 0. The molecule has 0 amide bonds. The summed E-state index contributed by atoms with van der Waals surface area (Å²) in [5.74, 6) is -1.75. The Morgan fingerprint density at radius 3 is 1.82 bits per heavy atom. The maximum atomic E-state index is 12.6. The lowest BCUT2D eigenvalue weighted by Crippen LogP contribution is -2.39. The van der Waals surface area contributed by atoms with Crippen LogP contribution in [0.3, 0.4) is 0 Å². The molecule has 2 N–H and O–H groups in total. The highest BCUT2D eigenvalue weighted by atomic mass is 16.6. The van der Waals surface area contributed by atoms with E-state index >= 15 is 0 Å². The van der Waals surface area contributed by atoms with Crippen molar-refractivity contribution in [2.24, 2.45) is 16.6 Å². The van der Waals surface area contributed by atoms with E-state index in [2.05, 4.69) is 0 Å². The molecular weight excluding hydrogens is 502 g/mol. The Morgan fingerprint density at radius 1 is 0.795 bits per heavy atom. The highest BCUT2D eigenvalue weighted by molar-refractivity contribution is 5.78. The molecule has 1 aromatic carbocycles. The molecule has 39 heavy (non-hydrogen) atoms. The zero-order valence-corrected chi connectivity index (χ0v) is 25.1. The molecule has 9 nitrogen and oxygen atoms in total. The molecule has 0 saturated heterocycles.